The summed E-state index contributed by atoms with van der Waals surface area (Å²) in [5.74, 6) is -2.06. The van der Waals surface area contributed by atoms with Crippen molar-refractivity contribution in [1.29, 1.82) is 0 Å². The number of rotatable bonds is 4. The van der Waals surface area contributed by atoms with E-state index in [9.17, 15) is 18.7 Å². The van der Waals surface area contributed by atoms with Crippen LogP contribution in [0.4, 0.5) is 8.78 Å². The number of hydrogen-bond acceptors (Lipinski definition) is 2. The predicted molar refractivity (Wildman–Crippen MR) is 78.3 cm³/mol. The average molecular weight is 309 g/mol. The van der Waals surface area contributed by atoms with Gasteiger partial charge in [0.15, 0.2) is 0 Å². The van der Waals surface area contributed by atoms with Crippen LogP contribution in [0.25, 0.3) is 0 Å². The van der Waals surface area contributed by atoms with Crippen LogP contribution >= 0.6 is 0 Å². The van der Waals surface area contributed by atoms with Gasteiger partial charge in [0.25, 0.3) is 0 Å². The topological polar surface area (TPSA) is 40.5 Å². The number of halogens is 2. The fraction of sp³-hybridized carbons (Fsp3) is 0.588. The van der Waals surface area contributed by atoms with E-state index in [1.54, 1.807) is 7.05 Å². The van der Waals surface area contributed by atoms with Gasteiger partial charge in [-0.15, -0.1) is 0 Å². The first-order chi connectivity index (χ1) is 10.4. The molecule has 0 spiro atoms. The highest BCUT2D eigenvalue weighted by Crippen LogP contribution is 2.50. The summed E-state index contributed by atoms with van der Waals surface area (Å²) in [6, 6.07) is 3.78. The maximum absolute atomic E-state index is 13.8. The molecule has 0 radical (unpaired) electrons. The predicted octanol–water partition coefficient (Wildman–Crippen LogP) is 2.83. The number of hydrogen-bond donors (Lipinski definition) is 1. The zero-order valence-electron chi connectivity index (χ0n) is 12.7. The molecule has 0 saturated heterocycles. The van der Waals surface area contributed by atoms with E-state index in [1.165, 1.54) is 23.1 Å². The highest BCUT2D eigenvalue weighted by atomic mass is 19.1. The lowest BCUT2D eigenvalue weighted by Crippen LogP contribution is -2.42. The third-order valence-corrected chi connectivity index (χ3v) is 4.92. The van der Waals surface area contributed by atoms with Gasteiger partial charge in [-0.05, 0) is 31.4 Å². The van der Waals surface area contributed by atoms with Crippen molar-refractivity contribution in [3.63, 3.8) is 0 Å². The van der Waals surface area contributed by atoms with Crippen LogP contribution in [0, 0.1) is 17.6 Å². The molecule has 2 aliphatic rings. The Morgan fingerprint density at radius 2 is 1.91 bits per heavy atom. The smallest absolute Gasteiger partial charge is 0.226 e. The van der Waals surface area contributed by atoms with Crippen molar-refractivity contribution in [2.75, 3.05) is 13.6 Å². The fourth-order valence-corrected chi connectivity index (χ4v) is 3.65. The van der Waals surface area contributed by atoms with Crippen molar-refractivity contribution >= 4 is 5.91 Å². The maximum Gasteiger partial charge on any atom is 0.226 e. The number of benzene rings is 1. The number of carbonyl (C=O) groups excluding carboxylic acids is 1. The standard InChI is InChI=1S/C17H21F2NO2/c1-20(10-17(22)7-2-3-8-17)16(21)12-9-11(12)15-13(18)5-4-6-14(15)19/h4-6,11-12,22H,2-3,7-10H2,1H3. The molecule has 1 aromatic rings. The molecule has 22 heavy (non-hydrogen) atoms. The van der Waals surface area contributed by atoms with Crippen LogP contribution in [0.5, 0.6) is 0 Å². The molecule has 2 atom stereocenters. The van der Waals surface area contributed by atoms with Gasteiger partial charge in [-0.3, -0.25) is 4.79 Å². The van der Waals surface area contributed by atoms with Crippen LogP contribution in [0.15, 0.2) is 18.2 Å². The molecule has 120 valence electrons. The fourth-order valence-electron chi connectivity index (χ4n) is 3.65. The Labute approximate surface area is 128 Å². The van der Waals surface area contributed by atoms with Gasteiger partial charge < -0.3 is 10.0 Å². The molecule has 1 N–H and O–H groups in total. The van der Waals surface area contributed by atoms with Crippen molar-refractivity contribution in [2.45, 2.75) is 43.6 Å². The van der Waals surface area contributed by atoms with Gasteiger partial charge in [0, 0.05) is 31.0 Å². The largest absolute Gasteiger partial charge is 0.388 e. The Morgan fingerprint density at radius 1 is 1.32 bits per heavy atom. The first kappa shape index (κ1) is 15.4. The minimum absolute atomic E-state index is 0.0221. The van der Waals surface area contributed by atoms with Gasteiger partial charge in [-0.1, -0.05) is 18.9 Å². The van der Waals surface area contributed by atoms with Crippen LogP contribution in [-0.4, -0.2) is 35.1 Å². The van der Waals surface area contributed by atoms with E-state index >= 15 is 0 Å². The highest BCUT2D eigenvalue weighted by Gasteiger charge is 2.48. The van der Waals surface area contributed by atoms with Crippen molar-refractivity contribution in [1.82, 2.24) is 4.90 Å². The molecule has 0 heterocycles. The Hall–Kier alpha value is -1.49. The number of aliphatic hydroxyl groups is 1. The van der Waals surface area contributed by atoms with Crippen LogP contribution in [-0.2, 0) is 4.79 Å². The van der Waals surface area contributed by atoms with Crippen LogP contribution in [0.1, 0.15) is 43.6 Å². The average Bonchev–Trinajstić information content (AvgIpc) is 3.12. The van der Waals surface area contributed by atoms with Crippen molar-refractivity contribution in [3.8, 4) is 0 Å². The van der Waals surface area contributed by atoms with Gasteiger partial charge in [-0.25, -0.2) is 8.78 Å². The molecule has 3 rings (SSSR count). The molecule has 0 aromatic heterocycles. The van der Waals surface area contributed by atoms with Crippen LogP contribution < -0.4 is 0 Å². The molecule has 3 nitrogen and oxygen atoms in total. The van der Waals surface area contributed by atoms with Gasteiger partial charge in [0.1, 0.15) is 11.6 Å². The zero-order chi connectivity index (χ0) is 15.9. The Morgan fingerprint density at radius 3 is 2.50 bits per heavy atom. The van der Waals surface area contributed by atoms with Gasteiger partial charge in [0.05, 0.1) is 5.60 Å². The van der Waals surface area contributed by atoms with E-state index in [2.05, 4.69) is 0 Å². The summed E-state index contributed by atoms with van der Waals surface area (Å²) in [4.78, 5) is 13.9. The molecule has 2 saturated carbocycles. The van der Waals surface area contributed by atoms with E-state index in [1.807, 2.05) is 0 Å². The van der Waals surface area contributed by atoms with E-state index in [0.717, 1.165) is 12.8 Å². The summed E-state index contributed by atoms with van der Waals surface area (Å²) >= 11 is 0. The summed E-state index contributed by atoms with van der Waals surface area (Å²) in [5, 5.41) is 10.4. The zero-order valence-corrected chi connectivity index (χ0v) is 12.7. The number of carbonyl (C=O) groups is 1. The molecule has 2 unspecified atom stereocenters. The van der Waals surface area contributed by atoms with Gasteiger partial charge >= 0.3 is 0 Å². The second kappa shape index (κ2) is 5.61. The second-order valence-electron chi connectivity index (χ2n) is 6.71. The number of amides is 1. The first-order valence-corrected chi connectivity index (χ1v) is 7.82. The Kier molecular flexibility index (Phi) is 3.93. The molecule has 0 bridgehead atoms. The number of likely N-dealkylation sites (N-methyl/N-ethyl adjacent to an activating group) is 1. The summed E-state index contributed by atoms with van der Waals surface area (Å²) in [6.45, 7) is 0.300. The van der Waals surface area contributed by atoms with E-state index in [-0.39, 0.29) is 23.3 Å². The monoisotopic (exact) mass is 309 g/mol. The molecular formula is C17H21F2NO2. The lowest BCUT2D eigenvalue weighted by molar-refractivity contribution is -0.134. The SMILES string of the molecule is CN(CC1(O)CCCC1)C(=O)C1CC1c1c(F)cccc1F. The molecule has 2 aliphatic carbocycles. The van der Waals surface area contributed by atoms with Crippen LogP contribution in [0.3, 0.4) is 0 Å². The summed E-state index contributed by atoms with van der Waals surface area (Å²) < 4.78 is 27.5. The van der Waals surface area contributed by atoms with Gasteiger partial charge in [-0.2, -0.15) is 0 Å². The summed E-state index contributed by atoms with van der Waals surface area (Å²) in [6.07, 6.45) is 3.84. The lowest BCUT2D eigenvalue weighted by Gasteiger charge is -2.28. The highest BCUT2D eigenvalue weighted by molar-refractivity contribution is 5.83. The van der Waals surface area contributed by atoms with Crippen molar-refractivity contribution < 1.29 is 18.7 Å². The molecule has 1 aromatic carbocycles. The number of nitrogens with zero attached hydrogens (tertiary/aromatic N) is 1. The van der Waals surface area contributed by atoms with E-state index in [4.69, 9.17) is 0 Å². The van der Waals surface area contributed by atoms with Crippen molar-refractivity contribution in [2.24, 2.45) is 5.92 Å². The molecule has 1 amide bonds. The summed E-state index contributed by atoms with van der Waals surface area (Å²) in [7, 11) is 1.66. The maximum atomic E-state index is 13.8. The van der Waals surface area contributed by atoms with E-state index < -0.39 is 17.2 Å². The summed E-state index contributed by atoms with van der Waals surface area (Å²) in [5.41, 5.74) is -0.772. The Bertz CT molecular complexity index is 564. The minimum Gasteiger partial charge on any atom is -0.388 e. The van der Waals surface area contributed by atoms with E-state index in [0.29, 0.717) is 25.8 Å². The quantitative estimate of drug-likeness (QED) is 0.929. The molecule has 0 aliphatic heterocycles. The normalized spacial score (nSPS) is 26.0. The first-order valence-electron chi connectivity index (χ1n) is 7.82. The molecule has 5 heteroatoms. The third-order valence-electron chi connectivity index (χ3n) is 4.92. The Balaban J connectivity index is 1.65. The van der Waals surface area contributed by atoms with Crippen LogP contribution in [0.2, 0.25) is 0 Å². The third kappa shape index (κ3) is 2.86. The lowest BCUT2D eigenvalue weighted by atomic mass is 10.0. The molecule has 2 fully saturated rings. The van der Waals surface area contributed by atoms with Gasteiger partial charge in [0.2, 0.25) is 5.91 Å². The minimum atomic E-state index is -0.794. The van der Waals surface area contributed by atoms with Crippen molar-refractivity contribution in [3.05, 3.63) is 35.4 Å². The second-order valence-corrected chi connectivity index (χ2v) is 6.71. The molecular weight excluding hydrogens is 288 g/mol.